The summed E-state index contributed by atoms with van der Waals surface area (Å²) in [6.45, 7) is 2.70. The van der Waals surface area contributed by atoms with Gasteiger partial charge >= 0.3 is 5.97 Å². The van der Waals surface area contributed by atoms with Crippen LogP contribution in [0.3, 0.4) is 0 Å². The van der Waals surface area contributed by atoms with E-state index >= 15 is 0 Å². The Labute approximate surface area is 128 Å². The van der Waals surface area contributed by atoms with Crippen molar-refractivity contribution in [2.45, 2.75) is 39.2 Å². The highest BCUT2D eigenvalue weighted by Crippen LogP contribution is 2.18. The van der Waals surface area contributed by atoms with Gasteiger partial charge in [-0.25, -0.2) is 9.78 Å². The first-order chi connectivity index (χ1) is 9.90. The van der Waals surface area contributed by atoms with Crippen molar-refractivity contribution in [3.63, 3.8) is 0 Å². The molecule has 9 heteroatoms. The molecule has 1 aliphatic heterocycles. The Balaban J connectivity index is 2.01. The molecule has 0 atom stereocenters. The number of aromatic carboxylic acids is 1. The molecular weight excluding hydrogens is 314 g/mol. The van der Waals surface area contributed by atoms with Gasteiger partial charge in [0.05, 0.1) is 12.2 Å². The van der Waals surface area contributed by atoms with Crippen molar-refractivity contribution < 1.29 is 18.3 Å². The largest absolute Gasteiger partial charge is 0.477 e. The fourth-order valence-electron chi connectivity index (χ4n) is 2.25. The van der Waals surface area contributed by atoms with Crippen LogP contribution < -0.4 is 4.72 Å². The van der Waals surface area contributed by atoms with Crippen LogP contribution in [0.2, 0.25) is 0 Å². The zero-order chi connectivity index (χ0) is 15.5. The predicted molar refractivity (Wildman–Crippen MR) is 79.6 cm³/mol. The van der Waals surface area contributed by atoms with Gasteiger partial charge in [-0.05, 0) is 19.8 Å². The van der Waals surface area contributed by atoms with E-state index in [2.05, 4.69) is 9.71 Å². The van der Waals surface area contributed by atoms with Crippen LogP contribution in [0.5, 0.6) is 0 Å². The number of nitrogens with zero attached hydrogens (tertiary/aromatic N) is 2. The van der Waals surface area contributed by atoms with Crippen molar-refractivity contribution in [2.75, 3.05) is 13.1 Å². The van der Waals surface area contributed by atoms with Crippen LogP contribution in [0.15, 0.2) is 0 Å². The number of rotatable bonds is 5. The lowest BCUT2D eigenvalue weighted by atomic mass is 10.2. The minimum Gasteiger partial charge on any atom is -0.477 e. The highest BCUT2D eigenvalue weighted by molar-refractivity contribution is 7.87. The Morgan fingerprint density at radius 3 is 2.48 bits per heavy atom. The fraction of sp³-hybridized carbons (Fsp3) is 0.667. The van der Waals surface area contributed by atoms with Crippen LogP contribution >= 0.6 is 11.3 Å². The highest BCUT2D eigenvalue weighted by Gasteiger charge is 2.23. The minimum absolute atomic E-state index is 0.0254. The summed E-state index contributed by atoms with van der Waals surface area (Å²) in [6.07, 6.45) is 3.86. The number of thiazole rings is 1. The topological polar surface area (TPSA) is 99.6 Å². The lowest BCUT2D eigenvalue weighted by Gasteiger charge is -2.19. The molecule has 0 spiro atoms. The van der Waals surface area contributed by atoms with E-state index in [-0.39, 0.29) is 11.4 Å². The van der Waals surface area contributed by atoms with E-state index in [0.29, 0.717) is 23.8 Å². The Kier molecular flexibility index (Phi) is 5.31. The first-order valence-corrected chi connectivity index (χ1v) is 9.10. The molecule has 7 nitrogen and oxygen atoms in total. The van der Waals surface area contributed by atoms with Crippen LogP contribution in [0.4, 0.5) is 0 Å². The summed E-state index contributed by atoms with van der Waals surface area (Å²) in [6, 6.07) is 0. The van der Waals surface area contributed by atoms with E-state index in [9.17, 15) is 13.2 Å². The normalized spacial score (nSPS) is 17.6. The van der Waals surface area contributed by atoms with Crippen molar-refractivity contribution in [3.05, 3.63) is 15.6 Å². The number of carbonyl (C=O) groups is 1. The van der Waals surface area contributed by atoms with Gasteiger partial charge in [-0.15, -0.1) is 11.3 Å². The first-order valence-electron chi connectivity index (χ1n) is 6.84. The molecule has 0 unspecified atom stereocenters. The maximum atomic E-state index is 12.2. The summed E-state index contributed by atoms with van der Waals surface area (Å²) < 4.78 is 28.4. The third-order valence-corrected chi connectivity index (χ3v) is 6.05. The Hall–Kier alpha value is -1.03. The average molecular weight is 333 g/mol. The minimum atomic E-state index is -3.53. The van der Waals surface area contributed by atoms with E-state index in [4.69, 9.17) is 5.11 Å². The van der Waals surface area contributed by atoms with Gasteiger partial charge in [0.2, 0.25) is 0 Å². The molecule has 2 N–H and O–H groups in total. The van der Waals surface area contributed by atoms with E-state index in [0.717, 1.165) is 37.0 Å². The van der Waals surface area contributed by atoms with Gasteiger partial charge < -0.3 is 5.11 Å². The number of aryl methyl sites for hydroxylation is 1. The van der Waals surface area contributed by atoms with E-state index in [1.165, 1.54) is 4.31 Å². The number of carboxylic acid groups (broad SMARTS) is 1. The highest BCUT2D eigenvalue weighted by atomic mass is 32.2. The van der Waals surface area contributed by atoms with Crippen molar-refractivity contribution in [3.8, 4) is 0 Å². The van der Waals surface area contributed by atoms with Gasteiger partial charge in [0.1, 0.15) is 9.88 Å². The molecule has 21 heavy (non-hydrogen) atoms. The monoisotopic (exact) mass is 333 g/mol. The average Bonchev–Trinajstić information content (AvgIpc) is 2.64. The molecule has 0 bridgehead atoms. The molecular formula is C12H19N3O4S2. The van der Waals surface area contributed by atoms with Crippen LogP contribution in [0.25, 0.3) is 0 Å². The lowest BCUT2D eigenvalue weighted by molar-refractivity contribution is 0.0701. The predicted octanol–water partition coefficient (Wildman–Crippen LogP) is 1.36. The van der Waals surface area contributed by atoms with Crippen LogP contribution in [-0.4, -0.2) is 41.9 Å². The molecule has 0 saturated carbocycles. The van der Waals surface area contributed by atoms with Crippen LogP contribution in [-0.2, 0) is 16.8 Å². The quantitative estimate of drug-likeness (QED) is 0.847. The maximum absolute atomic E-state index is 12.2. The lowest BCUT2D eigenvalue weighted by Crippen LogP contribution is -2.40. The van der Waals surface area contributed by atoms with Crippen LogP contribution in [0.1, 0.15) is 46.1 Å². The van der Waals surface area contributed by atoms with Gasteiger partial charge in [0.25, 0.3) is 10.2 Å². The van der Waals surface area contributed by atoms with E-state index in [1.54, 1.807) is 6.92 Å². The number of hydrogen-bond donors (Lipinski definition) is 2. The van der Waals surface area contributed by atoms with Gasteiger partial charge in [-0.3, -0.25) is 0 Å². The Bertz CT molecular complexity index is 604. The fourth-order valence-corrected chi connectivity index (χ4v) is 4.43. The van der Waals surface area contributed by atoms with Gasteiger partial charge in [-0.1, -0.05) is 12.8 Å². The molecule has 1 saturated heterocycles. The van der Waals surface area contributed by atoms with Crippen molar-refractivity contribution in [1.29, 1.82) is 0 Å². The molecule has 2 heterocycles. The smallest absolute Gasteiger partial charge is 0.347 e. The summed E-state index contributed by atoms with van der Waals surface area (Å²) >= 11 is 1.00. The Morgan fingerprint density at radius 2 is 1.95 bits per heavy atom. The number of carboxylic acids is 1. The number of nitrogens with one attached hydrogen (secondary N) is 1. The van der Waals surface area contributed by atoms with E-state index < -0.39 is 16.2 Å². The second-order valence-corrected chi connectivity index (χ2v) is 7.81. The molecule has 0 aromatic carbocycles. The molecule has 0 aliphatic carbocycles. The summed E-state index contributed by atoms with van der Waals surface area (Å²) in [5, 5.41) is 9.43. The van der Waals surface area contributed by atoms with Crippen molar-refractivity contribution >= 4 is 27.5 Å². The summed E-state index contributed by atoms with van der Waals surface area (Å²) in [5.74, 6) is -1.04. The SMILES string of the molecule is Cc1nc(CNS(=O)(=O)N2CCCCCC2)sc1C(=O)O. The standard InChI is InChI=1S/C12H19N3O4S2/c1-9-11(12(16)17)20-10(14-9)8-13-21(18,19)15-6-4-2-3-5-7-15/h13H,2-8H2,1H3,(H,16,17). The molecule has 118 valence electrons. The second kappa shape index (κ2) is 6.82. The van der Waals surface area contributed by atoms with Gasteiger partial charge in [-0.2, -0.15) is 17.4 Å². The molecule has 1 fully saturated rings. The molecule has 1 aliphatic rings. The van der Waals surface area contributed by atoms with Gasteiger partial charge in [0.15, 0.2) is 0 Å². The molecule has 0 radical (unpaired) electrons. The van der Waals surface area contributed by atoms with E-state index in [1.807, 2.05) is 0 Å². The van der Waals surface area contributed by atoms with Crippen molar-refractivity contribution in [1.82, 2.24) is 14.0 Å². The zero-order valence-electron chi connectivity index (χ0n) is 11.8. The summed E-state index contributed by atoms with van der Waals surface area (Å²) in [5.41, 5.74) is 0.413. The second-order valence-electron chi connectivity index (χ2n) is 4.97. The van der Waals surface area contributed by atoms with Gasteiger partial charge in [0, 0.05) is 13.1 Å². The van der Waals surface area contributed by atoms with Crippen molar-refractivity contribution in [2.24, 2.45) is 0 Å². The summed E-state index contributed by atoms with van der Waals surface area (Å²) in [7, 11) is -3.53. The maximum Gasteiger partial charge on any atom is 0.347 e. The molecule has 1 aromatic rings. The number of hydrogen-bond acceptors (Lipinski definition) is 5. The zero-order valence-corrected chi connectivity index (χ0v) is 13.5. The van der Waals surface area contributed by atoms with Crippen LogP contribution in [0, 0.1) is 6.92 Å². The third kappa shape index (κ3) is 4.22. The summed E-state index contributed by atoms with van der Waals surface area (Å²) in [4.78, 5) is 15.2. The Morgan fingerprint density at radius 1 is 1.33 bits per heavy atom. The molecule has 0 amide bonds. The third-order valence-electron chi connectivity index (χ3n) is 3.35. The first kappa shape index (κ1) is 16.3. The number of aromatic nitrogens is 1. The molecule has 2 rings (SSSR count). The molecule has 1 aromatic heterocycles.